The molecule has 0 aliphatic rings. The topological polar surface area (TPSA) is 17.1 Å². The third-order valence-corrected chi connectivity index (χ3v) is 0.427. The molecule has 0 amide bonds. The van der Waals surface area contributed by atoms with Crippen molar-refractivity contribution in [1.29, 1.82) is 0 Å². The van der Waals surface area contributed by atoms with Gasteiger partial charge in [-0.15, -0.1) is 0 Å². The molecule has 3 heteroatoms. The smallest absolute Gasteiger partial charge is 0 e. The minimum atomic E-state index is -0.106. The van der Waals surface area contributed by atoms with Gasteiger partial charge in [0.2, 0.25) is 0 Å². The summed E-state index contributed by atoms with van der Waals surface area (Å²) in [5.74, 6) is 0. The van der Waals surface area contributed by atoms with E-state index in [-0.39, 0.29) is 14.8 Å². The maximum absolute atomic E-state index is 9.64. The number of hydrogen-bond acceptors (Lipinski definition) is 1. The SMILES string of the molecule is C=C[C](=O)[Cr].[Be]. The van der Waals surface area contributed by atoms with Crippen LogP contribution >= 0.6 is 0 Å². The molecule has 0 saturated carbocycles. The fraction of sp³-hybridized carbons (Fsp3) is 0. The Morgan fingerprint density at radius 1 is 1.83 bits per heavy atom. The van der Waals surface area contributed by atoms with Crippen molar-refractivity contribution in [3.8, 4) is 0 Å². The summed E-state index contributed by atoms with van der Waals surface area (Å²) in [4.78, 5) is 9.64. The van der Waals surface area contributed by atoms with Gasteiger partial charge in [0.05, 0.1) is 0 Å². The van der Waals surface area contributed by atoms with Crippen molar-refractivity contribution in [2.75, 3.05) is 0 Å². The van der Waals surface area contributed by atoms with E-state index >= 15 is 0 Å². The Balaban J connectivity index is 0. The van der Waals surface area contributed by atoms with Gasteiger partial charge in [0.15, 0.2) is 0 Å². The van der Waals surface area contributed by atoms with E-state index in [4.69, 9.17) is 0 Å². The normalized spacial score (nSPS) is 5.33. The van der Waals surface area contributed by atoms with Crippen LogP contribution < -0.4 is 0 Å². The molecule has 0 aliphatic heterocycles. The summed E-state index contributed by atoms with van der Waals surface area (Å²) in [5, 5.41) is 0. The van der Waals surface area contributed by atoms with Gasteiger partial charge >= 0.3 is 38.4 Å². The summed E-state index contributed by atoms with van der Waals surface area (Å²) < 4.78 is -0.106. The van der Waals surface area contributed by atoms with E-state index in [1.165, 1.54) is 6.08 Å². The molecule has 0 atom stereocenters. The summed E-state index contributed by atoms with van der Waals surface area (Å²) in [6.07, 6.45) is 1.22. The van der Waals surface area contributed by atoms with Crippen LogP contribution in [0.25, 0.3) is 0 Å². The van der Waals surface area contributed by atoms with Gasteiger partial charge in [0, 0.05) is 10.1 Å². The Morgan fingerprint density at radius 2 is 2.00 bits per heavy atom. The van der Waals surface area contributed by atoms with Gasteiger partial charge in [-0.05, 0) is 0 Å². The minimum absolute atomic E-state index is 0. The van der Waals surface area contributed by atoms with E-state index < -0.39 is 0 Å². The summed E-state index contributed by atoms with van der Waals surface area (Å²) >= 11 is 2.23. The molecule has 29 valence electrons. The first-order valence-electron chi connectivity index (χ1n) is 1.11. The number of carbonyl (C=O) groups excluding carboxylic acids is 1. The van der Waals surface area contributed by atoms with E-state index in [0.29, 0.717) is 0 Å². The quantitative estimate of drug-likeness (QED) is 0.344. The van der Waals surface area contributed by atoms with Crippen LogP contribution in [0, 0.1) is 0 Å². The molecule has 0 bridgehead atoms. The molecule has 0 unspecified atom stereocenters. The van der Waals surface area contributed by atoms with Gasteiger partial charge < -0.3 is 0 Å². The van der Waals surface area contributed by atoms with Crippen LogP contribution in [0.1, 0.15) is 0 Å². The molecular weight excluding hydrogens is 113 g/mol. The van der Waals surface area contributed by atoms with Gasteiger partial charge in [0.25, 0.3) is 0 Å². The number of carbonyl (C=O) groups is 1. The molecule has 0 fully saturated rings. The van der Waals surface area contributed by atoms with Crippen molar-refractivity contribution < 1.29 is 21.1 Å². The van der Waals surface area contributed by atoms with E-state index in [1.807, 2.05) is 0 Å². The fourth-order valence-electron chi connectivity index (χ4n) is 0. The fourth-order valence-corrected chi connectivity index (χ4v) is 0. The standard InChI is InChI=1S/C3H3O.Be.Cr/c1-2-3-4;;/h2H,1H2;;. The molecule has 0 aromatic rings. The van der Waals surface area contributed by atoms with Gasteiger partial charge in [-0.1, -0.05) is 0 Å². The van der Waals surface area contributed by atoms with Crippen LogP contribution in [0.15, 0.2) is 12.7 Å². The monoisotopic (exact) mass is 116 g/mol. The maximum Gasteiger partial charge on any atom is 0 e. The molecular formula is C3H3BeCrO. The molecule has 0 aromatic heterocycles. The minimum Gasteiger partial charge on any atom is 0 e. The Labute approximate surface area is 49.1 Å². The Bertz CT molecular complexity index is 61.8. The summed E-state index contributed by atoms with van der Waals surface area (Å²) in [5.41, 5.74) is 0. The number of hydrogen-bond donors (Lipinski definition) is 0. The molecule has 2 radical (unpaired) electrons. The van der Waals surface area contributed by atoms with E-state index in [0.717, 1.165) is 0 Å². The van der Waals surface area contributed by atoms with Crippen molar-refractivity contribution >= 4 is 14.8 Å². The predicted octanol–water partition coefficient (Wildman–Crippen LogP) is -0.135. The molecule has 0 aromatic carbocycles. The van der Waals surface area contributed by atoms with Crippen molar-refractivity contribution in [3.05, 3.63) is 12.7 Å². The van der Waals surface area contributed by atoms with E-state index in [1.54, 1.807) is 0 Å². The molecule has 0 rings (SSSR count). The molecule has 0 saturated heterocycles. The second kappa shape index (κ2) is 5.11. The Hall–Kier alpha value is 0.111. The first kappa shape index (κ1) is 9.45. The third-order valence-electron chi connectivity index (χ3n) is 0.167. The summed E-state index contributed by atoms with van der Waals surface area (Å²) in [7, 11) is 0. The zero-order valence-corrected chi connectivity index (χ0v) is 4.58. The van der Waals surface area contributed by atoms with Crippen LogP contribution in [0.4, 0.5) is 0 Å². The first-order valence-corrected chi connectivity index (χ1v) is 1.74. The van der Waals surface area contributed by atoms with Crippen LogP contribution in [0.2, 0.25) is 0 Å². The predicted molar refractivity (Wildman–Crippen MR) is 21.0 cm³/mol. The summed E-state index contributed by atoms with van der Waals surface area (Å²) in [6.45, 7) is 3.18. The van der Waals surface area contributed by atoms with E-state index in [9.17, 15) is 4.79 Å². The van der Waals surface area contributed by atoms with Crippen molar-refractivity contribution in [2.45, 2.75) is 0 Å². The molecule has 1 nitrogen and oxygen atoms in total. The average Bonchev–Trinajstić information content (AvgIpc) is 1.38. The van der Waals surface area contributed by atoms with Crippen molar-refractivity contribution in [2.24, 2.45) is 0 Å². The van der Waals surface area contributed by atoms with Crippen molar-refractivity contribution in [3.63, 3.8) is 0 Å². The van der Waals surface area contributed by atoms with Gasteiger partial charge in [0.1, 0.15) is 0 Å². The molecule has 0 aliphatic carbocycles. The Morgan fingerprint density at radius 3 is 2.00 bits per heavy atom. The van der Waals surface area contributed by atoms with Gasteiger partial charge in [-0.2, -0.15) is 0 Å². The molecule has 0 heterocycles. The number of allylic oxidation sites excluding steroid dienone is 1. The third kappa shape index (κ3) is 8.93. The molecule has 0 N–H and O–H groups in total. The second-order valence-corrected chi connectivity index (χ2v) is 1.15. The Kier molecular flexibility index (Phi) is 8.05. The van der Waals surface area contributed by atoms with Crippen LogP contribution in [-0.2, 0) is 21.1 Å². The van der Waals surface area contributed by atoms with Crippen LogP contribution in [0.5, 0.6) is 0 Å². The largest absolute Gasteiger partial charge is 0 e. The van der Waals surface area contributed by atoms with Crippen LogP contribution in [0.3, 0.4) is 0 Å². The van der Waals surface area contributed by atoms with Gasteiger partial charge in [-0.25, -0.2) is 0 Å². The van der Waals surface area contributed by atoms with Gasteiger partial charge in [-0.3, -0.25) is 0 Å². The van der Waals surface area contributed by atoms with Crippen LogP contribution in [-0.4, -0.2) is 14.8 Å². The zero-order valence-electron chi connectivity index (χ0n) is 3.31. The molecule has 6 heavy (non-hydrogen) atoms. The summed E-state index contributed by atoms with van der Waals surface area (Å²) in [6, 6.07) is 0. The first-order chi connectivity index (χ1) is 2.27. The second-order valence-electron chi connectivity index (χ2n) is 0.523. The zero-order chi connectivity index (χ0) is 4.28. The van der Waals surface area contributed by atoms with E-state index in [2.05, 4.69) is 22.9 Å². The average molecular weight is 116 g/mol. The van der Waals surface area contributed by atoms with Crippen molar-refractivity contribution in [1.82, 2.24) is 0 Å². The maximum atomic E-state index is 9.64. The number of rotatable bonds is 1. The molecule has 0 spiro atoms.